The lowest BCUT2D eigenvalue weighted by atomic mass is 9.98. The monoisotopic (exact) mass is 471 g/mol. The van der Waals surface area contributed by atoms with Gasteiger partial charge in [0.2, 0.25) is 5.91 Å². The number of benzene rings is 2. The first-order valence-electron chi connectivity index (χ1n) is 11.2. The third-order valence-electron chi connectivity index (χ3n) is 5.94. The maximum atomic E-state index is 13.1. The Morgan fingerprint density at radius 1 is 1.06 bits per heavy atom. The van der Waals surface area contributed by atoms with E-state index in [1.165, 1.54) is 0 Å². The predicted octanol–water partition coefficient (Wildman–Crippen LogP) is 3.01. The van der Waals surface area contributed by atoms with Gasteiger partial charge in [0.15, 0.2) is 0 Å². The highest BCUT2D eigenvalue weighted by atomic mass is 16.5. The molecule has 8 heteroatoms. The zero-order chi connectivity index (χ0) is 24.8. The fourth-order valence-corrected chi connectivity index (χ4v) is 4.40. The van der Waals surface area contributed by atoms with Crippen LogP contribution in [0.4, 0.5) is 4.79 Å². The number of H-pyrrole nitrogens is 1. The molecule has 0 fully saturated rings. The lowest BCUT2D eigenvalue weighted by Crippen LogP contribution is -2.51. The van der Waals surface area contributed by atoms with E-state index >= 15 is 0 Å². The smallest absolute Gasteiger partial charge is 0.407 e. The molecular formula is C27H25N3O5. The molecule has 0 aliphatic heterocycles. The zero-order valence-corrected chi connectivity index (χ0v) is 18.9. The van der Waals surface area contributed by atoms with Gasteiger partial charge in [-0.25, -0.2) is 4.79 Å². The van der Waals surface area contributed by atoms with Crippen molar-refractivity contribution in [3.05, 3.63) is 83.7 Å². The summed E-state index contributed by atoms with van der Waals surface area (Å²) in [5, 5.41) is 11.8. The number of nitrogens with one attached hydrogen (secondary N) is 2. The first-order chi connectivity index (χ1) is 17.0. The molecule has 4 rings (SSSR count). The number of nitrogens with zero attached hydrogens (tertiary/aromatic N) is 1. The maximum Gasteiger partial charge on any atom is 0.407 e. The number of ether oxygens (including phenoxy) is 1. The number of aromatic nitrogens is 1. The average Bonchev–Trinajstić information content (AvgIpc) is 3.47. The molecule has 1 unspecified atom stereocenters. The SMILES string of the molecule is C#CCN(CC(=O)O)C(=O)C(Cc1ccc[nH]1)NC(=O)OCC1c2ccccc2-c2ccccc21. The molecule has 2 aromatic carbocycles. The van der Waals surface area contributed by atoms with Crippen LogP contribution in [0.3, 0.4) is 0 Å². The van der Waals surface area contributed by atoms with Crippen molar-refractivity contribution in [3.8, 4) is 23.5 Å². The topological polar surface area (TPSA) is 112 Å². The summed E-state index contributed by atoms with van der Waals surface area (Å²) in [6, 6.07) is 18.4. The molecule has 2 amide bonds. The molecule has 0 saturated carbocycles. The lowest BCUT2D eigenvalue weighted by Gasteiger charge is -2.25. The quantitative estimate of drug-likeness (QED) is 0.416. The van der Waals surface area contributed by atoms with Crippen LogP contribution in [0.25, 0.3) is 11.1 Å². The molecule has 1 aromatic heterocycles. The van der Waals surface area contributed by atoms with Gasteiger partial charge in [-0.3, -0.25) is 9.59 Å². The van der Waals surface area contributed by atoms with Crippen molar-refractivity contribution in [3.63, 3.8) is 0 Å². The number of carboxylic acid groups (broad SMARTS) is 1. The van der Waals surface area contributed by atoms with E-state index in [0.29, 0.717) is 5.69 Å². The fraction of sp³-hybridized carbons (Fsp3) is 0.222. The third-order valence-corrected chi connectivity index (χ3v) is 5.94. The van der Waals surface area contributed by atoms with Gasteiger partial charge in [0.05, 0.1) is 6.54 Å². The van der Waals surface area contributed by atoms with Crippen LogP contribution in [-0.4, -0.2) is 58.7 Å². The third kappa shape index (κ3) is 5.36. The molecule has 0 saturated heterocycles. The Bertz CT molecular complexity index is 1220. The van der Waals surface area contributed by atoms with Crippen LogP contribution in [0.2, 0.25) is 0 Å². The number of hydrogen-bond donors (Lipinski definition) is 3. The lowest BCUT2D eigenvalue weighted by molar-refractivity contribution is -0.144. The Morgan fingerprint density at radius 3 is 2.29 bits per heavy atom. The van der Waals surface area contributed by atoms with Crippen LogP contribution in [0, 0.1) is 12.3 Å². The van der Waals surface area contributed by atoms with E-state index in [4.69, 9.17) is 16.3 Å². The first kappa shape index (κ1) is 23.6. The number of terminal acetylenes is 1. The molecule has 178 valence electrons. The van der Waals surface area contributed by atoms with Gasteiger partial charge in [-0.2, -0.15) is 0 Å². The van der Waals surface area contributed by atoms with Crippen LogP contribution in [0.5, 0.6) is 0 Å². The second-order valence-electron chi connectivity index (χ2n) is 8.21. The number of rotatable bonds is 9. The number of carboxylic acids is 1. The molecule has 1 atom stereocenters. The number of carbonyl (C=O) groups is 3. The number of hydrogen-bond acceptors (Lipinski definition) is 4. The van der Waals surface area contributed by atoms with E-state index in [2.05, 4.69) is 16.2 Å². The van der Waals surface area contributed by atoms with Crippen molar-refractivity contribution in [2.45, 2.75) is 18.4 Å². The van der Waals surface area contributed by atoms with Crippen LogP contribution >= 0.6 is 0 Å². The van der Waals surface area contributed by atoms with E-state index in [1.54, 1.807) is 18.3 Å². The van der Waals surface area contributed by atoms with Crippen LogP contribution < -0.4 is 5.32 Å². The normalized spacial score (nSPS) is 12.7. The predicted molar refractivity (Wildman–Crippen MR) is 130 cm³/mol. The summed E-state index contributed by atoms with van der Waals surface area (Å²) in [6.45, 7) is -0.679. The van der Waals surface area contributed by atoms with Gasteiger partial charge in [-0.15, -0.1) is 6.42 Å². The number of aliphatic carboxylic acids is 1. The van der Waals surface area contributed by atoms with Crippen molar-refractivity contribution >= 4 is 18.0 Å². The Hall–Kier alpha value is -4.51. The highest BCUT2D eigenvalue weighted by molar-refractivity contribution is 5.88. The van der Waals surface area contributed by atoms with Gasteiger partial charge in [0, 0.05) is 24.2 Å². The number of alkyl carbamates (subject to hydrolysis) is 1. The van der Waals surface area contributed by atoms with E-state index in [0.717, 1.165) is 27.2 Å². The summed E-state index contributed by atoms with van der Waals surface area (Å²) >= 11 is 0. The second kappa shape index (κ2) is 10.6. The fourth-order valence-electron chi connectivity index (χ4n) is 4.40. The largest absolute Gasteiger partial charge is 0.480 e. The molecule has 1 heterocycles. The molecule has 35 heavy (non-hydrogen) atoms. The minimum atomic E-state index is -1.20. The van der Waals surface area contributed by atoms with Crippen LogP contribution in [0.1, 0.15) is 22.7 Å². The van der Waals surface area contributed by atoms with Gasteiger partial charge in [0.25, 0.3) is 0 Å². The van der Waals surface area contributed by atoms with Crippen molar-refractivity contribution in [2.24, 2.45) is 0 Å². The molecule has 8 nitrogen and oxygen atoms in total. The maximum absolute atomic E-state index is 13.1. The average molecular weight is 472 g/mol. The molecule has 1 aliphatic carbocycles. The number of carbonyl (C=O) groups excluding carboxylic acids is 2. The second-order valence-corrected chi connectivity index (χ2v) is 8.21. The summed E-state index contributed by atoms with van der Waals surface area (Å²) < 4.78 is 5.57. The van der Waals surface area contributed by atoms with E-state index in [1.807, 2.05) is 48.5 Å². The van der Waals surface area contributed by atoms with Crippen molar-refractivity contribution in [1.82, 2.24) is 15.2 Å². The molecule has 0 radical (unpaired) electrons. The zero-order valence-electron chi connectivity index (χ0n) is 18.9. The number of amides is 2. The van der Waals surface area contributed by atoms with Gasteiger partial charge in [0.1, 0.15) is 19.2 Å². The van der Waals surface area contributed by atoms with Gasteiger partial charge in [-0.1, -0.05) is 54.5 Å². The first-order valence-corrected chi connectivity index (χ1v) is 11.2. The Morgan fingerprint density at radius 2 is 1.71 bits per heavy atom. The van der Waals surface area contributed by atoms with E-state index in [9.17, 15) is 14.4 Å². The molecular weight excluding hydrogens is 446 g/mol. The Balaban J connectivity index is 1.48. The number of fused-ring (bicyclic) bond motifs is 3. The number of aromatic amines is 1. The highest BCUT2D eigenvalue weighted by Crippen LogP contribution is 2.44. The minimum absolute atomic E-state index is 0.0898. The molecule has 1 aliphatic rings. The summed E-state index contributed by atoms with van der Waals surface area (Å²) in [7, 11) is 0. The van der Waals surface area contributed by atoms with Crippen LogP contribution in [0.15, 0.2) is 66.9 Å². The van der Waals surface area contributed by atoms with Gasteiger partial charge < -0.3 is 25.0 Å². The van der Waals surface area contributed by atoms with Crippen LogP contribution in [-0.2, 0) is 20.7 Å². The minimum Gasteiger partial charge on any atom is -0.480 e. The van der Waals surface area contributed by atoms with Crippen molar-refractivity contribution < 1.29 is 24.2 Å². The standard InChI is InChI=1S/C27H25N3O5/c1-2-14-30(16-25(31)32)26(33)24(15-18-8-7-13-28-18)29-27(34)35-17-23-21-11-5-3-9-19(21)20-10-4-6-12-22(20)23/h1,3-13,23-24,28H,14-17H2,(H,29,34)(H,31,32). The Labute approximate surface area is 202 Å². The summed E-state index contributed by atoms with van der Waals surface area (Å²) in [4.78, 5) is 41.1. The Kier molecular flexibility index (Phi) is 7.17. The van der Waals surface area contributed by atoms with E-state index in [-0.39, 0.29) is 25.5 Å². The molecule has 0 bridgehead atoms. The van der Waals surface area contributed by atoms with Crippen molar-refractivity contribution in [1.29, 1.82) is 0 Å². The van der Waals surface area contributed by atoms with Gasteiger partial charge in [-0.05, 0) is 34.4 Å². The van der Waals surface area contributed by atoms with E-state index < -0.39 is 30.6 Å². The summed E-state index contributed by atoms with van der Waals surface area (Å²) in [5.41, 5.74) is 5.05. The summed E-state index contributed by atoms with van der Waals surface area (Å²) in [6.07, 6.45) is 6.37. The summed E-state index contributed by atoms with van der Waals surface area (Å²) in [5.74, 6) is 0.359. The van der Waals surface area contributed by atoms with Crippen molar-refractivity contribution in [2.75, 3.05) is 19.7 Å². The highest BCUT2D eigenvalue weighted by Gasteiger charge is 2.31. The molecule has 3 N–H and O–H groups in total. The van der Waals surface area contributed by atoms with Gasteiger partial charge >= 0.3 is 12.1 Å². The molecule has 3 aromatic rings. The molecule has 0 spiro atoms.